The Balaban J connectivity index is 2.70. The molecule has 2 aromatic rings. The zero-order valence-corrected chi connectivity index (χ0v) is 12.7. The monoisotopic (exact) mass is 352 g/mol. The highest BCUT2D eigenvalue weighted by Crippen LogP contribution is 2.36. The summed E-state index contributed by atoms with van der Waals surface area (Å²) in [4.78, 5) is 3.91. The Kier molecular flexibility index (Phi) is 3.79. The number of sulfone groups is 1. The largest absolute Gasteiger partial charge is 0.506 e. The topological polar surface area (TPSA) is 91.0 Å². The molecule has 1 aromatic heterocycles. The summed E-state index contributed by atoms with van der Waals surface area (Å²) >= 11 is 3.15. The highest BCUT2D eigenvalue weighted by Gasteiger charge is 2.14. The fourth-order valence-corrected chi connectivity index (χ4v) is 2.71. The lowest BCUT2D eigenvalue weighted by Gasteiger charge is -2.08. The van der Waals surface area contributed by atoms with Crippen LogP contribution in [0.1, 0.15) is 5.56 Å². The molecule has 0 spiro atoms. The Hall–Kier alpha value is -1.91. The minimum atomic E-state index is -3.39. The molecule has 1 N–H and O–H groups in total. The molecule has 0 atom stereocenters. The van der Waals surface area contributed by atoms with E-state index in [9.17, 15) is 13.5 Å². The molecule has 1 aromatic carbocycles. The molecule has 0 radical (unpaired) electrons. The van der Waals surface area contributed by atoms with Crippen molar-refractivity contribution in [2.75, 3.05) is 6.26 Å². The molecule has 0 saturated carbocycles. The standard InChI is InChI=1S/C13H9BrN2O3S/c1-20(18,19)10-4-9(6-16-7-10)11-2-8(5-15)3-12(14)13(11)17/h2-4,6-7,17H,1H3. The minimum absolute atomic E-state index is 0.0490. The fourth-order valence-electron chi connectivity index (χ4n) is 1.65. The van der Waals surface area contributed by atoms with Crippen LogP contribution in [0.3, 0.4) is 0 Å². The predicted octanol–water partition coefficient (Wildman–Crippen LogP) is 2.49. The normalized spacial score (nSPS) is 11.1. The molecule has 0 aliphatic heterocycles. The quantitative estimate of drug-likeness (QED) is 0.896. The van der Waals surface area contributed by atoms with Gasteiger partial charge in [0.05, 0.1) is 21.0 Å². The lowest BCUT2D eigenvalue weighted by atomic mass is 10.0. The van der Waals surface area contributed by atoms with Crippen LogP contribution < -0.4 is 0 Å². The van der Waals surface area contributed by atoms with Crippen molar-refractivity contribution in [3.8, 4) is 22.9 Å². The van der Waals surface area contributed by atoms with Gasteiger partial charge < -0.3 is 5.11 Å². The van der Waals surface area contributed by atoms with Crippen LogP contribution in [0.5, 0.6) is 5.75 Å². The van der Waals surface area contributed by atoms with Gasteiger partial charge in [0.15, 0.2) is 9.84 Å². The van der Waals surface area contributed by atoms with E-state index in [0.717, 1.165) is 6.26 Å². The van der Waals surface area contributed by atoms with E-state index in [4.69, 9.17) is 5.26 Å². The Labute approximate surface area is 124 Å². The molecule has 0 aliphatic carbocycles. The number of pyridine rings is 1. The van der Waals surface area contributed by atoms with Gasteiger partial charge in [-0.05, 0) is 34.1 Å². The maximum Gasteiger partial charge on any atom is 0.177 e. The summed E-state index contributed by atoms with van der Waals surface area (Å²) in [5.74, 6) is -0.0727. The molecule has 0 amide bonds. The Morgan fingerprint density at radius 3 is 2.60 bits per heavy atom. The number of nitriles is 1. The number of nitrogens with zero attached hydrogens (tertiary/aromatic N) is 2. The molecule has 0 bridgehead atoms. The third-order valence-electron chi connectivity index (χ3n) is 2.64. The first kappa shape index (κ1) is 14.5. The number of hydrogen-bond donors (Lipinski definition) is 1. The fraction of sp³-hybridized carbons (Fsp3) is 0.0769. The zero-order valence-electron chi connectivity index (χ0n) is 10.3. The Bertz CT molecular complexity index is 826. The van der Waals surface area contributed by atoms with Crippen LogP contribution in [0.25, 0.3) is 11.1 Å². The van der Waals surface area contributed by atoms with Crippen molar-refractivity contribution < 1.29 is 13.5 Å². The number of aromatic nitrogens is 1. The molecular weight excluding hydrogens is 344 g/mol. The molecule has 102 valence electrons. The van der Waals surface area contributed by atoms with Gasteiger partial charge in [0.25, 0.3) is 0 Å². The van der Waals surface area contributed by atoms with Gasteiger partial charge in [0, 0.05) is 29.8 Å². The number of rotatable bonds is 2. The van der Waals surface area contributed by atoms with Crippen LogP contribution in [0, 0.1) is 11.3 Å². The molecular formula is C13H9BrN2O3S. The molecule has 2 rings (SSSR count). The molecule has 0 unspecified atom stereocenters. The molecule has 20 heavy (non-hydrogen) atoms. The number of aromatic hydroxyl groups is 1. The van der Waals surface area contributed by atoms with Gasteiger partial charge in [-0.25, -0.2) is 8.42 Å². The van der Waals surface area contributed by atoms with E-state index in [0.29, 0.717) is 21.2 Å². The van der Waals surface area contributed by atoms with Gasteiger partial charge >= 0.3 is 0 Å². The van der Waals surface area contributed by atoms with Crippen molar-refractivity contribution in [3.63, 3.8) is 0 Å². The molecule has 1 heterocycles. The van der Waals surface area contributed by atoms with Crippen LogP contribution in [-0.4, -0.2) is 24.8 Å². The number of benzene rings is 1. The number of phenols is 1. The van der Waals surface area contributed by atoms with Gasteiger partial charge in [-0.1, -0.05) is 0 Å². The maximum absolute atomic E-state index is 11.5. The second-order valence-electron chi connectivity index (χ2n) is 4.15. The van der Waals surface area contributed by atoms with Gasteiger partial charge in [-0.15, -0.1) is 0 Å². The third kappa shape index (κ3) is 2.81. The van der Waals surface area contributed by atoms with E-state index in [1.54, 1.807) is 0 Å². The summed E-state index contributed by atoms with van der Waals surface area (Å²) in [6.45, 7) is 0. The summed E-state index contributed by atoms with van der Waals surface area (Å²) in [7, 11) is -3.39. The predicted molar refractivity (Wildman–Crippen MR) is 76.9 cm³/mol. The van der Waals surface area contributed by atoms with Crippen LogP contribution in [0.15, 0.2) is 40.0 Å². The number of halogens is 1. The van der Waals surface area contributed by atoms with E-state index in [1.807, 2.05) is 6.07 Å². The highest BCUT2D eigenvalue weighted by atomic mass is 79.9. The van der Waals surface area contributed by atoms with Crippen molar-refractivity contribution >= 4 is 25.8 Å². The van der Waals surface area contributed by atoms with Crippen molar-refractivity contribution in [1.29, 1.82) is 5.26 Å². The lowest BCUT2D eigenvalue weighted by molar-refractivity contribution is 0.474. The summed E-state index contributed by atoms with van der Waals surface area (Å²) in [5.41, 5.74) is 1.10. The highest BCUT2D eigenvalue weighted by molar-refractivity contribution is 9.10. The summed E-state index contributed by atoms with van der Waals surface area (Å²) in [6, 6.07) is 6.33. The van der Waals surface area contributed by atoms with E-state index < -0.39 is 9.84 Å². The third-order valence-corrected chi connectivity index (χ3v) is 4.33. The maximum atomic E-state index is 11.5. The van der Waals surface area contributed by atoms with Gasteiger partial charge in [-0.2, -0.15) is 5.26 Å². The van der Waals surface area contributed by atoms with Crippen molar-refractivity contribution in [2.45, 2.75) is 4.90 Å². The lowest BCUT2D eigenvalue weighted by Crippen LogP contribution is -1.98. The molecule has 7 heteroatoms. The van der Waals surface area contributed by atoms with Gasteiger partial charge in [-0.3, -0.25) is 4.98 Å². The van der Waals surface area contributed by atoms with Gasteiger partial charge in [0.1, 0.15) is 5.75 Å². The van der Waals surface area contributed by atoms with Crippen molar-refractivity contribution in [2.24, 2.45) is 0 Å². The molecule has 0 fully saturated rings. The second kappa shape index (κ2) is 5.23. The van der Waals surface area contributed by atoms with Crippen LogP contribution in [-0.2, 0) is 9.84 Å². The zero-order chi connectivity index (χ0) is 14.9. The van der Waals surface area contributed by atoms with E-state index >= 15 is 0 Å². The average Bonchev–Trinajstić information content (AvgIpc) is 2.41. The summed E-state index contributed by atoms with van der Waals surface area (Å²) in [5, 5.41) is 19.0. The van der Waals surface area contributed by atoms with Crippen LogP contribution >= 0.6 is 15.9 Å². The second-order valence-corrected chi connectivity index (χ2v) is 7.02. The number of hydrogen-bond acceptors (Lipinski definition) is 5. The van der Waals surface area contributed by atoms with E-state index in [2.05, 4.69) is 20.9 Å². The Morgan fingerprint density at radius 1 is 1.30 bits per heavy atom. The first-order chi connectivity index (χ1) is 9.32. The summed E-state index contributed by atoms with van der Waals surface area (Å²) < 4.78 is 23.4. The molecule has 5 nitrogen and oxygen atoms in total. The van der Waals surface area contributed by atoms with E-state index in [-0.39, 0.29) is 10.6 Å². The average molecular weight is 353 g/mol. The van der Waals surface area contributed by atoms with Crippen molar-refractivity contribution in [3.05, 3.63) is 40.6 Å². The number of phenolic OH excluding ortho intramolecular Hbond substituents is 1. The Morgan fingerprint density at radius 2 is 2.00 bits per heavy atom. The smallest absolute Gasteiger partial charge is 0.177 e. The van der Waals surface area contributed by atoms with Crippen LogP contribution in [0.4, 0.5) is 0 Å². The summed E-state index contributed by atoms with van der Waals surface area (Å²) in [6.07, 6.45) is 3.74. The first-order valence-electron chi connectivity index (χ1n) is 5.41. The first-order valence-corrected chi connectivity index (χ1v) is 8.09. The minimum Gasteiger partial charge on any atom is -0.506 e. The molecule has 0 saturated heterocycles. The van der Waals surface area contributed by atoms with Crippen molar-refractivity contribution in [1.82, 2.24) is 4.98 Å². The SMILES string of the molecule is CS(=O)(=O)c1cncc(-c2cc(C#N)cc(Br)c2O)c1. The van der Waals surface area contributed by atoms with E-state index in [1.165, 1.54) is 30.6 Å². The van der Waals surface area contributed by atoms with Gasteiger partial charge in [0.2, 0.25) is 0 Å². The van der Waals surface area contributed by atoms with Crippen LogP contribution in [0.2, 0.25) is 0 Å². The molecule has 0 aliphatic rings.